The van der Waals surface area contributed by atoms with Crippen molar-refractivity contribution in [1.29, 1.82) is 0 Å². The van der Waals surface area contributed by atoms with Crippen molar-refractivity contribution in [1.82, 2.24) is 14.8 Å². The molecule has 6 heteroatoms. The standard InChI is InChI=1S/C30H43N3O3/c1-23(34)20-32(16-8-18-36-5)22-29(35)33(21-24-11-13-26(14-12-24)30(2,3)4)17-15-25-19-31-28-10-7-6-9-27(25)28/h6-7,9-14,19,23,31,34H,8,15-18,20-22H2,1-5H3. The average Bonchev–Trinajstić information content (AvgIpc) is 3.24. The van der Waals surface area contributed by atoms with Crippen molar-refractivity contribution >= 4 is 16.8 Å². The van der Waals surface area contributed by atoms with Crippen LogP contribution < -0.4 is 0 Å². The predicted octanol–water partition coefficient (Wildman–Crippen LogP) is 4.76. The fourth-order valence-corrected chi connectivity index (χ4v) is 4.55. The molecule has 0 saturated heterocycles. The molecular weight excluding hydrogens is 450 g/mol. The minimum absolute atomic E-state index is 0.0767. The molecule has 1 aromatic heterocycles. The van der Waals surface area contributed by atoms with Crippen LogP contribution in [0.3, 0.4) is 0 Å². The SMILES string of the molecule is COCCCN(CC(=O)N(CCc1c[nH]c2ccccc12)Cc1ccc(C(C)(C)C)cc1)CC(C)O. The van der Waals surface area contributed by atoms with E-state index in [-0.39, 0.29) is 17.9 Å². The fourth-order valence-electron chi connectivity index (χ4n) is 4.55. The first-order valence-corrected chi connectivity index (χ1v) is 13.0. The van der Waals surface area contributed by atoms with Crippen molar-refractivity contribution in [3.63, 3.8) is 0 Å². The van der Waals surface area contributed by atoms with Gasteiger partial charge in [0.25, 0.3) is 0 Å². The highest BCUT2D eigenvalue weighted by atomic mass is 16.5. The predicted molar refractivity (Wildman–Crippen MR) is 147 cm³/mol. The summed E-state index contributed by atoms with van der Waals surface area (Å²) in [6, 6.07) is 16.9. The lowest BCUT2D eigenvalue weighted by atomic mass is 9.87. The topological polar surface area (TPSA) is 68.8 Å². The molecule has 1 atom stereocenters. The van der Waals surface area contributed by atoms with Crippen LogP contribution in [-0.4, -0.2) is 71.8 Å². The van der Waals surface area contributed by atoms with E-state index in [1.165, 1.54) is 16.5 Å². The Bertz CT molecular complexity index is 1080. The van der Waals surface area contributed by atoms with E-state index in [9.17, 15) is 9.90 Å². The highest BCUT2D eigenvalue weighted by Crippen LogP contribution is 2.23. The molecule has 0 aliphatic rings. The first-order chi connectivity index (χ1) is 17.2. The van der Waals surface area contributed by atoms with E-state index >= 15 is 0 Å². The van der Waals surface area contributed by atoms with E-state index < -0.39 is 6.10 Å². The molecular formula is C30H43N3O3. The molecule has 6 nitrogen and oxygen atoms in total. The maximum Gasteiger partial charge on any atom is 0.237 e. The van der Waals surface area contributed by atoms with Crippen LogP contribution >= 0.6 is 0 Å². The van der Waals surface area contributed by atoms with E-state index in [2.05, 4.69) is 68.4 Å². The Kier molecular flexibility index (Phi) is 10.1. The number of ether oxygens (including phenoxy) is 1. The Morgan fingerprint density at radius 1 is 1.08 bits per heavy atom. The third kappa shape index (κ3) is 8.19. The molecule has 2 N–H and O–H groups in total. The van der Waals surface area contributed by atoms with Crippen LogP contribution in [0.2, 0.25) is 0 Å². The monoisotopic (exact) mass is 493 g/mol. The zero-order valence-electron chi connectivity index (χ0n) is 22.6. The van der Waals surface area contributed by atoms with Crippen molar-refractivity contribution in [3.8, 4) is 0 Å². The number of methoxy groups -OCH3 is 1. The van der Waals surface area contributed by atoms with E-state index in [1.54, 1.807) is 14.0 Å². The van der Waals surface area contributed by atoms with Gasteiger partial charge in [-0.25, -0.2) is 0 Å². The third-order valence-electron chi connectivity index (χ3n) is 6.58. The lowest BCUT2D eigenvalue weighted by Gasteiger charge is -2.28. The molecule has 196 valence electrons. The number of hydrogen-bond donors (Lipinski definition) is 2. The molecule has 1 heterocycles. The van der Waals surface area contributed by atoms with Gasteiger partial charge in [0.15, 0.2) is 0 Å². The number of H-pyrrole nitrogens is 1. The van der Waals surface area contributed by atoms with Crippen molar-refractivity contribution in [2.24, 2.45) is 0 Å². The number of benzene rings is 2. The quantitative estimate of drug-likeness (QED) is 0.337. The van der Waals surface area contributed by atoms with Gasteiger partial charge < -0.3 is 19.7 Å². The first-order valence-electron chi connectivity index (χ1n) is 13.0. The van der Waals surface area contributed by atoms with Crippen LogP contribution in [0.1, 0.15) is 50.8 Å². The van der Waals surface area contributed by atoms with E-state index in [4.69, 9.17) is 4.74 Å². The molecule has 0 radical (unpaired) electrons. The van der Waals surface area contributed by atoms with Crippen LogP contribution in [-0.2, 0) is 27.9 Å². The Balaban J connectivity index is 1.76. The van der Waals surface area contributed by atoms with E-state index in [1.807, 2.05) is 21.9 Å². The van der Waals surface area contributed by atoms with Gasteiger partial charge in [-0.15, -0.1) is 0 Å². The molecule has 0 saturated carbocycles. The molecule has 1 unspecified atom stereocenters. The number of nitrogens with zero attached hydrogens (tertiary/aromatic N) is 2. The maximum absolute atomic E-state index is 13.6. The second-order valence-corrected chi connectivity index (χ2v) is 10.8. The Morgan fingerprint density at radius 2 is 1.81 bits per heavy atom. The number of aliphatic hydroxyl groups excluding tert-OH is 1. The zero-order chi connectivity index (χ0) is 26.1. The van der Waals surface area contributed by atoms with Crippen LogP contribution in [0, 0.1) is 0 Å². The van der Waals surface area contributed by atoms with Crippen LogP contribution in [0.4, 0.5) is 0 Å². The molecule has 1 amide bonds. The highest BCUT2D eigenvalue weighted by molar-refractivity contribution is 5.83. The second-order valence-electron chi connectivity index (χ2n) is 10.8. The summed E-state index contributed by atoms with van der Waals surface area (Å²) in [6.07, 6.45) is 3.15. The smallest absolute Gasteiger partial charge is 0.237 e. The van der Waals surface area contributed by atoms with Gasteiger partial charge in [-0.1, -0.05) is 63.2 Å². The van der Waals surface area contributed by atoms with E-state index in [0.29, 0.717) is 32.8 Å². The fraction of sp³-hybridized carbons (Fsp3) is 0.500. The molecule has 3 rings (SSSR count). The average molecular weight is 494 g/mol. The minimum atomic E-state index is -0.495. The summed E-state index contributed by atoms with van der Waals surface area (Å²) in [5.41, 5.74) is 4.82. The van der Waals surface area contributed by atoms with Gasteiger partial charge in [-0.3, -0.25) is 9.69 Å². The lowest BCUT2D eigenvalue weighted by molar-refractivity contribution is -0.133. The maximum atomic E-state index is 13.6. The Morgan fingerprint density at radius 3 is 2.47 bits per heavy atom. The molecule has 36 heavy (non-hydrogen) atoms. The van der Waals surface area contributed by atoms with Crippen molar-refractivity contribution in [2.75, 3.05) is 39.9 Å². The zero-order valence-corrected chi connectivity index (χ0v) is 22.6. The van der Waals surface area contributed by atoms with E-state index in [0.717, 1.165) is 23.9 Å². The summed E-state index contributed by atoms with van der Waals surface area (Å²) >= 11 is 0. The first kappa shape index (κ1) is 27.9. The molecule has 0 aliphatic carbocycles. The second kappa shape index (κ2) is 13.0. The summed E-state index contributed by atoms with van der Waals surface area (Å²) in [6.45, 7) is 11.7. The van der Waals surface area contributed by atoms with Gasteiger partial charge in [0, 0.05) is 57.0 Å². The molecule has 0 spiro atoms. The highest BCUT2D eigenvalue weighted by Gasteiger charge is 2.20. The van der Waals surface area contributed by atoms with Crippen molar-refractivity contribution in [3.05, 3.63) is 71.4 Å². The van der Waals surface area contributed by atoms with Gasteiger partial charge in [0.05, 0.1) is 12.6 Å². The number of amides is 1. The van der Waals surface area contributed by atoms with Gasteiger partial charge in [-0.05, 0) is 47.9 Å². The van der Waals surface area contributed by atoms with Crippen molar-refractivity contribution in [2.45, 2.75) is 58.6 Å². The summed E-state index contributed by atoms with van der Waals surface area (Å²) in [5.74, 6) is 0.0767. The van der Waals surface area contributed by atoms with Crippen LogP contribution in [0.5, 0.6) is 0 Å². The molecule has 0 bridgehead atoms. The lowest BCUT2D eigenvalue weighted by Crippen LogP contribution is -2.43. The van der Waals surface area contributed by atoms with Gasteiger partial charge in [0.2, 0.25) is 5.91 Å². The number of carbonyl (C=O) groups is 1. The van der Waals surface area contributed by atoms with Gasteiger partial charge in [-0.2, -0.15) is 0 Å². The number of rotatable bonds is 13. The summed E-state index contributed by atoms with van der Waals surface area (Å²) in [5, 5.41) is 11.2. The number of nitrogens with one attached hydrogen (secondary N) is 1. The summed E-state index contributed by atoms with van der Waals surface area (Å²) in [4.78, 5) is 20.9. The van der Waals surface area contributed by atoms with Crippen LogP contribution in [0.25, 0.3) is 10.9 Å². The van der Waals surface area contributed by atoms with Gasteiger partial charge >= 0.3 is 0 Å². The number of aromatic amines is 1. The third-order valence-corrected chi connectivity index (χ3v) is 6.58. The number of fused-ring (bicyclic) bond motifs is 1. The summed E-state index contributed by atoms with van der Waals surface area (Å²) in [7, 11) is 1.68. The normalized spacial score (nSPS) is 12.9. The van der Waals surface area contributed by atoms with Crippen molar-refractivity contribution < 1.29 is 14.6 Å². The number of aromatic nitrogens is 1. The summed E-state index contributed by atoms with van der Waals surface area (Å²) < 4.78 is 5.19. The van der Waals surface area contributed by atoms with Crippen LogP contribution in [0.15, 0.2) is 54.7 Å². The Labute approximate surface area is 216 Å². The number of aliphatic hydroxyl groups is 1. The minimum Gasteiger partial charge on any atom is -0.392 e. The molecule has 2 aromatic carbocycles. The molecule has 0 aliphatic heterocycles. The largest absolute Gasteiger partial charge is 0.392 e. The van der Waals surface area contributed by atoms with Gasteiger partial charge in [0.1, 0.15) is 0 Å². The number of carbonyl (C=O) groups excluding carboxylic acids is 1. The molecule has 0 fully saturated rings. The Hall–Kier alpha value is -2.67. The number of para-hydroxylation sites is 1. The molecule has 3 aromatic rings. The number of hydrogen-bond acceptors (Lipinski definition) is 4.